The van der Waals surface area contributed by atoms with Gasteiger partial charge in [-0.1, -0.05) is 30.7 Å². The first kappa shape index (κ1) is 20.6. The minimum Gasteiger partial charge on any atom is -0.490 e. The number of methoxy groups -OCH3 is 1. The van der Waals surface area contributed by atoms with Gasteiger partial charge in [0, 0.05) is 12.6 Å². The standard InChI is InChI=1S/C21H21N3O4S/c1-4-11-23-20(25)19(29-21(23)22-16-8-5-14(2)6-9-16)13-15-7-10-18(28-3)17(12-15)24(26)27/h5-10,12-13H,4,11H2,1-3H3/b19-13+,22-21?. The molecule has 0 spiro atoms. The van der Waals surface area contributed by atoms with E-state index in [1.54, 1.807) is 17.0 Å². The van der Waals surface area contributed by atoms with Gasteiger partial charge in [-0.25, -0.2) is 4.99 Å². The highest BCUT2D eigenvalue weighted by Gasteiger charge is 2.33. The van der Waals surface area contributed by atoms with E-state index in [1.807, 2.05) is 38.1 Å². The number of aryl methyl sites for hydroxylation is 1. The summed E-state index contributed by atoms with van der Waals surface area (Å²) < 4.78 is 5.03. The molecule has 2 aromatic rings. The molecular formula is C21H21N3O4S. The van der Waals surface area contributed by atoms with Crippen LogP contribution in [0, 0.1) is 17.0 Å². The van der Waals surface area contributed by atoms with Crippen LogP contribution in [0.15, 0.2) is 52.4 Å². The summed E-state index contributed by atoms with van der Waals surface area (Å²) in [6, 6.07) is 12.4. The van der Waals surface area contributed by atoms with E-state index in [2.05, 4.69) is 4.99 Å². The molecule has 1 amide bonds. The average molecular weight is 411 g/mol. The van der Waals surface area contributed by atoms with Crippen LogP contribution in [-0.4, -0.2) is 34.6 Å². The van der Waals surface area contributed by atoms with Crippen LogP contribution >= 0.6 is 11.8 Å². The third-order valence-corrected chi connectivity index (χ3v) is 5.30. The number of nitro groups is 1. The van der Waals surface area contributed by atoms with Crippen LogP contribution in [0.1, 0.15) is 24.5 Å². The zero-order valence-electron chi connectivity index (χ0n) is 16.4. The highest BCUT2D eigenvalue weighted by Crippen LogP contribution is 2.35. The van der Waals surface area contributed by atoms with Gasteiger partial charge in [0.05, 0.1) is 22.6 Å². The number of carbonyl (C=O) groups excluding carboxylic acids is 1. The van der Waals surface area contributed by atoms with Crippen LogP contribution in [-0.2, 0) is 4.79 Å². The number of hydrogen-bond acceptors (Lipinski definition) is 6. The molecule has 0 radical (unpaired) electrons. The number of amidine groups is 1. The lowest BCUT2D eigenvalue weighted by molar-refractivity contribution is -0.385. The van der Waals surface area contributed by atoms with Crippen molar-refractivity contribution < 1.29 is 14.5 Å². The molecule has 1 fully saturated rings. The molecule has 7 nitrogen and oxygen atoms in total. The fourth-order valence-corrected chi connectivity index (χ4v) is 3.86. The maximum atomic E-state index is 12.9. The van der Waals surface area contributed by atoms with Crippen molar-refractivity contribution in [1.29, 1.82) is 0 Å². The van der Waals surface area contributed by atoms with Crippen molar-refractivity contribution in [1.82, 2.24) is 4.90 Å². The first-order valence-electron chi connectivity index (χ1n) is 9.12. The Morgan fingerprint density at radius 1 is 1.24 bits per heavy atom. The maximum absolute atomic E-state index is 12.9. The van der Waals surface area contributed by atoms with Crippen molar-refractivity contribution in [3.05, 3.63) is 68.6 Å². The molecule has 0 N–H and O–H groups in total. The van der Waals surface area contributed by atoms with Crippen molar-refractivity contribution in [2.24, 2.45) is 4.99 Å². The van der Waals surface area contributed by atoms with Gasteiger partial charge in [0.15, 0.2) is 10.9 Å². The summed E-state index contributed by atoms with van der Waals surface area (Å²) in [4.78, 5) is 30.4. The number of aliphatic imine (C=N–C) groups is 1. The molecule has 0 aromatic heterocycles. The first-order valence-corrected chi connectivity index (χ1v) is 9.93. The Kier molecular flexibility index (Phi) is 6.33. The van der Waals surface area contributed by atoms with E-state index in [4.69, 9.17) is 4.74 Å². The van der Waals surface area contributed by atoms with E-state index in [9.17, 15) is 14.9 Å². The molecular weight excluding hydrogens is 390 g/mol. The molecule has 1 saturated heterocycles. The minimum atomic E-state index is -0.502. The Balaban J connectivity index is 1.96. The Hall–Kier alpha value is -3.13. The third kappa shape index (κ3) is 4.65. The molecule has 29 heavy (non-hydrogen) atoms. The zero-order valence-corrected chi connectivity index (χ0v) is 17.2. The van der Waals surface area contributed by atoms with Crippen LogP contribution < -0.4 is 4.74 Å². The van der Waals surface area contributed by atoms with Gasteiger partial charge in [-0.3, -0.25) is 19.8 Å². The molecule has 150 valence electrons. The number of benzene rings is 2. The molecule has 0 bridgehead atoms. The second-order valence-electron chi connectivity index (χ2n) is 6.49. The summed E-state index contributed by atoms with van der Waals surface area (Å²) in [5.41, 5.74) is 2.32. The first-order chi connectivity index (χ1) is 13.9. The van der Waals surface area contributed by atoms with Crippen LogP contribution in [0.5, 0.6) is 5.75 Å². The Morgan fingerprint density at radius 2 is 1.97 bits per heavy atom. The molecule has 8 heteroatoms. The number of nitrogens with zero attached hydrogens (tertiary/aromatic N) is 3. The van der Waals surface area contributed by atoms with E-state index in [0.29, 0.717) is 22.2 Å². The monoisotopic (exact) mass is 411 g/mol. The average Bonchev–Trinajstić information content (AvgIpc) is 2.98. The number of amides is 1. The highest BCUT2D eigenvalue weighted by molar-refractivity contribution is 8.18. The van der Waals surface area contributed by atoms with E-state index < -0.39 is 4.92 Å². The van der Waals surface area contributed by atoms with Crippen LogP contribution in [0.3, 0.4) is 0 Å². The van der Waals surface area contributed by atoms with Gasteiger partial charge in [0.25, 0.3) is 5.91 Å². The fraction of sp³-hybridized carbons (Fsp3) is 0.238. The van der Waals surface area contributed by atoms with Gasteiger partial charge in [0.1, 0.15) is 0 Å². The number of rotatable bonds is 6. The largest absolute Gasteiger partial charge is 0.490 e. The lowest BCUT2D eigenvalue weighted by atomic mass is 10.1. The Morgan fingerprint density at radius 3 is 2.59 bits per heavy atom. The van der Waals surface area contributed by atoms with Crippen molar-refractivity contribution in [3.63, 3.8) is 0 Å². The molecule has 0 saturated carbocycles. The molecule has 1 heterocycles. The lowest BCUT2D eigenvalue weighted by Gasteiger charge is -2.13. The number of nitro benzene ring substituents is 1. The predicted molar refractivity (Wildman–Crippen MR) is 115 cm³/mol. The third-order valence-electron chi connectivity index (χ3n) is 4.29. The highest BCUT2D eigenvalue weighted by atomic mass is 32.2. The number of ether oxygens (including phenoxy) is 1. The molecule has 0 atom stereocenters. The fourth-order valence-electron chi connectivity index (χ4n) is 2.83. The Labute approximate surface area is 173 Å². The van der Waals surface area contributed by atoms with Crippen molar-refractivity contribution in [2.45, 2.75) is 20.3 Å². The van der Waals surface area contributed by atoms with Crippen molar-refractivity contribution in [3.8, 4) is 5.75 Å². The Bertz CT molecular complexity index is 999. The van der Waals surface area contributed by atoms with Crippen molar-refractivity contribution >= 4 is 40.3 Å². The summed E-state index contributed by atoms with van der Waals surface area (Å²) in [6.45, 7) is 4.55. The molecule has 1 aliphatic rings. The SMILES string of the molecule is CCCN1C(=O)/C(=C\c2ccc(OC)c([N+](=O)[O-])c2)SC1=Nc1ccc(C)cc1. The van der Waals surface area contributed by atoms with Gasteiger partial charge >= 0.3 is 5.69 Å². The molecule has 3 rings (SSSR count). The molecule has 1 aliphatic heterocycles. The van der Waals surface area contributed by atoms with Gasteiger partial charge in [-0.05, 0) is 54.9 Å². The quantitative estimate of drug-likeness (QED) is 0.382. The summed E-state index contributed by atoms with van der Waals surface area (Å²) in [6.07, 6.45) is 2.44. The van der Waals surface area contributed by atoms with Gasteiger partial charge in [0.2, 0.25) is 0 Å². The smallest absolute Gasteiger partial charge is 0.311 e. The summed E-state index contributed by atoms with van der Waals surface area (Å²) in [5, 5.41) is 11.9. The van der Waals surface area contributed by atoms with Crippen LogP contribution in [0.25, 0.3) is 6.08 Å². The van der Waals surface area contributed by atoms with E-state index in [0.717, 1.165) is 17.7 Å². The van der Waals surface area contributed by atoms with Gasteiger partial charge in [-0.2, -0.15) is 0 Å². The van der Waals surface area contributed by atoms with Crippen LogP contribution in [0.2, 0.25) is 0 Å². The second kappa shape index (κ2) is 8.91. The molecule has 0 aliphatic carbocycles. The van der Waals surface area contributed by atoms with Gasteiger partial charge in [-0.15, -0.1) is 0 Å². The number of carbonyl (C=O) groups is 1. The van der Waals surface area contributed by atoms with Crippen LogP contribution in [0.4, 0.5) is 11.4 Å². The topological polar surface area (TPSA) is 85.0 Å². The van der Waals surface area contributed by atoms with Crippen molar-refractivity contribution in [2.75, 3.05) is 13.7 Å². The lowest BCUT2D eigenvalue weighted by Crippen LogP contribution is -2.29. The number of thioether (sulfide) groups is 1. The molecule has 2 aromatic carbocycles. The maximum Gasteiger partial charge on any atom is 0.311 e. The van der Waals surface area contributed by atoms with E-state index in [-0.39, 0.29) is 17.3 Å². The normalized spacial score (nSPS) is 16.7. The van der Waals surface area contributed by atoms with Gasteiger partial charge < -0.3 is 4.74 Å². The van der Waals surface area contributed by atoms with E-state index >= 15 is 0 Å². The molecule has 0 unspecified atom stereocenters. The summed E-state index contributed by atoms with van der Waals surface area (Å²) in [5.74, 6) is 0.0259. The minimum absolute atomic E-state index is 0.142. The predicted octanol–water partition coefficient (Wildman–Crippen LogP) is 4.93. The number of hydrogen-bond donors (Lipinski definition) is 0. The summed E-state index contributed by atoms with van der Waals surface area (Å²) in [7, 11) is 1.38. The second-order valence-corrected chi connectivity index (χ2v) is 7.49. The van der Waals surface area contributed by atoms with E-state index in [1.165, 1.54) is 31.0 Å². The summed E-state index contributed by atoms with van der Waals surface area (Å²) >= 11 is 1.27. The zero-order chi connectivity index (χ0) is 21.0.